The van der Waals surface area contributed by atoms with Gasteiger partial charge in [-0.05, 0) is 42.0 Å². The molecular weight excluding hydrogens is 278 g/mol. The normalized spacial score (nSPS) is 10.5. The average Bonchev–Trinajstić information content (AvgIpc) is 3.05. The van der Waals surface area contributed by atoms with Crippen LogP contribution in [0.25, 0.3) is 22.5 Å². The van der Waals surface area contributed by atoms with Crippen LogP contribution in [0.5, 0.6) is 11.5 Å². The summed E-state index contributed by atoms with van der Waals surface area (Å²) < 4.78 is 10.6. The number of methoxy groups -OCH3 is 2. The van der Waals surface area contributed by atoms with Gasteiger partial charge in [0.2, 0.25) is 0 Å². The van der Waals surface area contributed by atoms with Crippen LogP contribution in [0.3, 0.4) is 0 Å². The SMILES string of the molecule is COc1ccc(-c2cc(-c3ccc(N)cc3)[nH]n2)cc1OC. The van der Waals surface area contributed by atoms with Gasteiger partial charge in [-0.3, -0.25) is 5.10 Å². The molecule has 0 saturated carbocycles. The zero-order valence-corrected chi connectivity index (χ0v) is 12.5. The summed E-state index contributed by atoms with van der Waals surface area (Å²) in [4.78, 5) is 0. The van der Waals surface area contributed by atoms with Gasteiger partial charge in [0.25, 0.3) is 0 Å². The fourth-order valence-corrected chi connectivity index (χ4v) is 2.28. The minimum absolute atomic E-state index is 0.678. The molecule has 5 nitrogen and oxygen atoms in total. The molecule has 0 amide bonds. The van der Waals surface area contributed by atoms with Crippen molar-refractivity contribution < 1.29 is 9.47 Å². The van der Waals surface area contributed by atoms with Gasteiger partial charge in [-0.15, -0.1) is 0 Å². The maximum absolute atomic E-state index is 5.71. The fourth-order valence-electron chi connectivity index (χ4n) is 2.28. The highest BCUT2D eigenvalue weighted by molar-refractivity contribution is 5.70. The van der Waals surface area contributed by atoms with Gasteiger partial charge in [-0.1, -0.05) is 12.1 Å². The number of anilines is 1. The Morgan fingerprint density at radius 1 is 0.864 bits per heavy atom. The molecule has 2 aromatic carbocycles. The molecule has 0 unspecified atom stereocenters. The predicted octanol–water partition coefficient (Wildman–Crippen LogP) is 3.34. The number of aromatic nitrogens is 2. The van der Waals surface area contributed by atoms with E-state index in [4.69, 9.17) is 15.2 Å². The number of nitrogens with one attached hydrogen (secondary N) is 1. The molecular formula is C17H17N3O2. The summed E-state index contributed by atoms with van der Waals surface area (Å²) in [6, 6.07) is 15.4. The highest BCUT2D eigenvalue weighted by Crippen LogP contribution is 2.32. The van der Waals surface area contributed by atoms with Gasteiger partial charge in [0.15, 0.2) is 11.5 Å². The Morgan fingerprint density at radius 3 is 2.23 bits per heavy atom. The predicted molar refractivity (Wildman–Crippen MR) is 87.0 cm³/mol. The summed E-state index contributed by atoms with van der Waals surface area (Å²) >= 11 is 0. The van der Waals surface area contributed by atoms with Crippen LogP contribution in [0.15, 0.2) is 48.5 Å². The van der Waals surface area contributed by atoms with Gasteiger partial charge in [-0.25, -0.2) is 0 Å². The number of H-pyrrole nitrogens is 1. The Morgan fingerprint density at radius 2 is 1.55 bits per heavy atom. The summed E-state index contributed by atoms with van der Waals surface area (Å²) in [6.07, 6.45) is 0. The number of hydrogen-bond acceptors (Lipinski definition) is 4. The van der Waals surface area contributed by atoms with Crippen molar-refractivity contribution in [2.24, 2.45) is 0 Å². The lowest BCUT2D eigenvalue weighted by Gasteiger charge is -2.08. The molecule has 3 rings (SSSR count). The van der Waals surface area contributed by atoms with E-state index in [-0.39, 0.29) is 0 Å². The van der Waals surface area contributed by atoms with E-state index in [0.29, 0.717) is 11.5 Å². The third-order valence-corrected chi connectivity index (χ3v) is 3.48. The van der Waals surface area contributed by atoms with Crippen LogP contribution in [0.2, 0.25) is 0 Å². The number of ether oxygens (including phenoxy) is 2. The number of nitrogens with zero attached hydrogens (tertiary/aromatic N) is 1. The summed E-state index contributed by atoms with van der Waals surface area (Å²) in [6.45, 7) is 0. The Hall–Kier alpha value is -2.95. The molecule has 22 heavy (non-hydrogen) atoms. The first-order valence-corrected chi connectivity index (χ1v) is 6.85. The van der Waals surface area contributed by atoms with E-state index in [1.54, 1.807) is 14.2 Å². The molecule has 0 aliphatic carbocycles. The van der Waals surface area contributed by atoms with Crippen molar-refractivity contribution >= 4 is 5.69 Å². The van der Waals surface area contributed by atoms with Gasteiger partial charge >= 0.3 is 0 Å². The van der Waals surface area contributed by atoms with Crippen LogP contribution in [0, 0.1) is 0 Å². The summed E-state index contributed by atoms with van der Waals surface area (Å²) in [7, 11) is 3.23. The standard InChI is InChI=1S/C17H17N3O2/c1-21-16-8-5-12(9-17(16)22-2)15-10-14(19-20-15)11-3-6-13(18)7-4-11/h3-10H,18H2,1-2H3,(H,19,20). The van der Waals surface area contributed by atoms with Gasteiger partial charge in [0.1, 0.15) is 0 Å². The van der Waals surface area contributed by atoms with Crippen LogP contribution < -0.4 is 15.2 Å². The number of nitrogen functional groups attached to an aromatic ring is 1. The molecule has 0 bridgehead atoms. The number of aromatic amines is 1. The lowest BCUT2D eigenvalue weighted by atomic mass is 10.1. The van der Waals surface area contributed by atoms with Crippen LogP contribution in [0.1, 0.15) is 0 Å². The van der Waals surface area contributed by atoms with Crippen molar-refractivity contribution in [3.8, 4) is 34.0 Å². The topological polar surface area (TPSA) is 73.2 Å². The maximum atomic E-state index is 5.71. The minimum atomic E-state index is 0.678. The highest BCUT2D eigenvalue weighted by Gasteiger charge is 2.10. The third-order valence-electron chi connectivity index (χ3n) is 3.48. The van der Waals surface area contributed by atoms with Crippen molar-refractivity contribution in [2.75, 3.05) is 20.0 Å². The molecule has 0 atom stereocenters. The second-order valence-electron chi connectivity index (χ2n) is 4.86. The largest absolute Gasteiger partial charge is 0.493 e. The first-order valence-electron chi connectivity index (χ1n) is 6.85. The second-order valence-corrected chi connectivity index (χ2v) is 4.86. The van der Waals surface area contributed by atoms with Gasteiger partial charge in [0.05, 0.1) is 25.6 Å². The van der Waals surface area contributed by atoms with E-state index in [1.807, 2.05) is 48.5 Å². The molecule has 0 aliphatic heterocycles. The quantitative estimate of drug-likeness (QED) is 0.724. The molecule has 0 fully saturated rings. The lowest BCUT2D eigenvalue weighted by molar-refractivity contribution is 0.355. The van der Waals surface area contributed by atoms with E-state index in [9.17, 15) is 0 Å². The monoisotopic (exact) mass is 295 g/mol. The van der Waals surface area contributed by atoms with Crippen LogP contribution in [-0.2, 0) is 0 Å². The van der Waals surface area contributed by atoms with E-state index < -0.39 is 0 Å². The van der Waals surface area contributed by atoms with Crippen molar-refractivity contribution in [3.05, 3.63) is 48.5 Å². The molecule has 3 N–H and O–H groups in total. The smallest absolute Gasteiger partial charge is 0.161 e. The van der Waals surface area contributed by atoms with Crippen LogP contribution >= 0.6 is 0 Å². The molecule has 0 saturated heterocycles. The average molecular weight is 295 g/mol. The molecule has 1 heterocycles. The number of hydrogen-bond donors (Lipinski definition) is 2. The third kappa shape index (κ3) is 2.61. The van der Waals surface area contributed by atoms with Crippen molar-refractivity contribution in [3.63, 3.8) is 0 Å². The molecule has 0 spiro atoms. The maximum Gasteiger partial charge on any atom is 0.161 e. The zero-order chi connectivity index (χ0) is 15.5. The number of nitrogens with two attached hydrogens (primary N) is 1. The Kier molecular flexibility index (Phi) is 3.70. The Labute approximate surface area is 128 Å². The van der Waals surface area contributed by atoms with Crippen molar-refractivity contribution in [2.45, 2.75) is 0 Å². The first kappa shape index (κ1) is 14.0. The lowest BCUT2D eigenvalue weighted by Crippen LogP contribution is -1.90. The van der Waals surface area contributed by atoms with E-state index in [2.05, 4.69) is 10.2 Å². The molecule has 0 radical (unpaired) electrons. The second kappa shape index (κ2) is 5.81. The van der Waals surface area contributed by atoms with Crippen molar-refractivity contribution in [1.82, 2.24) is 10.2 Å². The minimum Gasteiger partial charge on any atom is -0.493 e. The summed E-state index contributed by atoms with van der Waals surface area (Å²) in [5.74, 6) is 1.37. The van der Waals surface area contributed by atoms with E-state index in [0.717, 1.165) is 28.2 Å². The van der Waals surface area contributed by atoms with Gasteiger partial charge in [0, 0.05) is 11.3 Å². The first-order chi connectivity index (χ1) is 10.7. The number of rotatable bonds is 4. The molecule has 5 heteroatoms. The molecule has 1 aromatic heterocycles. The summed E-state index contributed by atoms with van der Waals surface area (Å²) in [5.41, 5.74) is 10.2. The summed E-state index contributed by atoms with van der Waals surface area (Å²) in [5, 5.41) is 7.41. The molecule has 3 aromatic rings. The van der Waals surface area contributed by atoms with Crippen LogP contribution in [-0.4, -0.2) is 24.4 Å². The highest BCUT2D eigenvalue weighted by atomic mass is 16.5. The molecule has 112 valence electrons. The Bertz CT molecular complexity index is 779. The number of benzene rings is 2. The van der Waals surface area contributed by atoms with Crippen molar-refractivity contribution in [1.29, 1.82) is 0 Å². The van der Waals surface area contributed by atoms with Gasteiger partial charge < -0.3 is 15.2 Å². The zero-order valence-electron chi connectivity index (χ0n) is 12.5. The fraction of sp³-hybridized carbons (Fsp3) is 0.118. The van der Waals surface area contributed by atoms with E-state index >= 15 is 0 Å². The molecule has 0 aliphatic rings. The van der Waals surface area contributed by atoms with Crippen LogP contribution in [0.4, 0.5) is 5.69 Å². The van der Waals surface area contributed by atoms with E-state index in [1.165, 1.54) is 0 Å². The Balaban J connectivity index is 1.95. The van der Waals surface area contributed by atoms with Gasteiger partial charge in [-0.2, -0.15) is 5.10 Å².